The van der Waals surface area contributed by atoms with Crippen LogP contribution in [0.4, 0.5) is 13.2 Å². The van der Waals surface area contributed by atoms with Gasteiger partial charge in [0.15, 0.2) is 27.3 Å². The smallest absolute Gasteiger partial charge is 0.194 e. The fourth-order valence-corrected chi connectivity index (χ4v) is 4.18. The summed E-state index contributed by atoms with van der Waals surface area (Å²) in [6, 6.07) is 1.51. The molecule has 3 nitrogen and oxygen atoms in total. The normalized spacial score (nSPS) is 22.9. The van der Waals surface area contributed by atoms with Crippen molar-refractivity contribution in [3.8, 4) is 0 Å². The van der Waals surface area contributed by atoms with Gasteiger partial charge in [-0.1, -0.05) is 0 Å². The van der Waals surface area contributed by atoms with Gasteiger partial charge in [-0.05, 0) is 43.5 Å². The van der Waals surface area contributed by atoms with Gasteiger partial charge in [-0.3, -0.25) is 0 Å². The van der Waals surface area contributed by atoms with Crippen LogP contribution in [0.15, 0.2) is 12.1 Å². The minimum atomic E-state index is -2.94. The van der Waals surface area contributed by atoms with E-state index in [9.17, 15) is 21.6 Å². The molecule has 0 amide bonds. The van der Waals surface area contributed by atoms with E-state index in [-0.39, 0.29) is 23.5 Å². The Morgan fingerprint density at radius 2 is 1.90 bits per heavy atom. The van der Waals surface area contributed by atoms with Gasteiger partial charge in [0.25, 0.3) is 0 Å². The quantitative estimate of drug-likeness (QED) is 0.867. The molecule has 2 unspecified atom stereocenters. The van der Waals surface area contributed by atoms with Crippen LogP contribution < -0.4 is 5.32 Å². The van der Waals surface area contributed by atoms with Crippen molar-refractivity contribution in [2.45, 2.75) is 19.4 Å². The van der Waals surface area contributed by atoms with Crippen molar-refractivity contribution in [3.05, 3.63) is 35.1 Å². The molecule has 0 aromatic heterocycles. The zero-order chi connectivity index (χ0) is 14.9. The monoisotopic (exact) mass is 307 g/mol. The van der Waals surface area contributed by atoms with Gasteiger partial charge in [0, 0.05) is 6.04 Å². The SMILES string of the molecule is CC(NCC1CCS(=O)(=O)C1)c1cc(F)c(F)c(F)c1. The summed E-state index contributed by atoms with van der Waals surface area (Å²) in [5.41, 5.74) is 0.294. The molecule has 112 valence electrons. The molecule has 1 saturated heterocycles. The third-order valence-electron chi connectivity index (χ3n) is 3.55. The zero-order valence-corrected chi connectivity index (χ0v) is 11.8. The predicted octanol–water partition coefficient (Wildman–Crippen LogP) is 2.19. The molecule has 1 aliphatic heterocycles. The lowest BCUT2D eigenvalue weighted by Crippen LogP contribution is -2.26. The number of sulfone groups is 1. The molecule has 0 bridgehead atoms. The molecule has 0 spiro atoms. The molecule has 1 fully saturated rings. The van der Waals surface area contributed by atoms with Crippen molar-refractivity contribution >= 4 is 9.84 Å². The van der Waals surface area contributed by atoms with E-state index in [1.54, 1.807) is 6.92 Å². The first-order valence-corrected chi connectivity index (χ1v) is 8.19. The van der Waals surface area contributed by atoms with Crippen LogP contribution in [0, 0.1) is 23.4 Å². The van der Waals surface area contributed by atoms with Crippen LogP contribution in [0.25, 0.3) is 0 Å². The molecule has 20 heavy (non-hydrogen) atoms. The van der Waals surface area contributed by atoms with Crippen LogP contribution in [0.1, 0.15) is 24.9 Å². The van der Waals surface area contributed by atoms with Crippen LogP contribution >= 0.6 is 0 Å². The van der Waals surface area contributed by atoms with Crippen LogP contribution in [0.3, 0.4) is 0 Å². The maximum absolute atomic E-state index is 13.1. The molecule has 1 aliphatic rings. The summed E-state index contributed by atoms with van der Waals surface area (Å²) in [5, 5.41) is 3.03. The van der Waals surface area contributed by atoms with E-state index in [1.165, 1.54) is 0 Å². The lowest BCUT2D eigenvalue weighted by molar-refractivity contribution is 0.436. The number of hydrogen-bond acceptors (Lipinski definition) is 3. The van der Waals surface area contributed by atoms with Crippen LogP contribution in [0.5, 0.6) is 0 Å². The first kappa shape index (κ1) is 15.3. The van der Waals surface area contributed by atoms with Gasteiger partial charge < -0.3 is 5.32 Å². The molecule has 2 atom stereocenters. The molecular weight excluding hydrogens is 291 g/mol. The number of benzene rings is 1. The van der Waals surface area contributed by atoms with Gasteiger partial charge in [-0.25, -0.2) is 21.6 Å². The Kier molecular flexibility index (Phi) is 4.39. The van der Waals surface area contributed by atoms with E-state index >= 15 is 0 Å². The lowest BCUT2D eigenvalue weighted by Gasteiger charge is -2.17. The van der Waals surface area contributed by atoms with E-state index in [4.69, 9.17) is 0 Å². The molecular formula is C13H16F3NO2S. The maximum Gasteiger partial charge on any atom is 0.194 e. The van der Waals surface area contributed by atoms with Crippen molar-refractivity contribution in [1.82, 2.24) is 5.32 Å². The van der Waals surface area contributed by atoms with Crippen molar-refractivity contribution < 1.29 is 21.6 Å². The highest BCUT2D eigenvalue weighted by Crippen LogP contribution is 2.21. The van der Waals surface area contributed by atoms with E-state index in [0.29, 0.717) is 18.5 Å². The average molecular weight is 307 g/mol. The Balaban J connectivity index is 1.97. The highest BCUT2D eigenvalue weighted by atomic mass is 32.2. The van der Waals surface area contributed by atoms with E-state index in [1.807, 2.05) is 0 Å². The fourth-order valence-electron chi connectivity index (χ4n) is 2.32. The summed E-state index contributed by atoms with van der Waals surface area (Å²) in [4.78, 5) is 0. The largest absolute Gasteiger partial charge is 0.310 e. The summed E-state index contributed by atoms with van der Waals surface area (Å²) in [6.07, 6.45) is 0.591. The summed E-state index contributed by atoms with van der Waals surface area (Å²) >= 11 is 0. The summed E-state index contributed by atoms with van der Waals surface area (Å²) < 4.78 is 61.7. The Hall–Kier alpha value is -1.08. The molecule has 0 aliphatic carbocycles. The van der Waals surface area contributed by atoms with E-state index < -0.39 is 27.3 Å². The highest BCUT2D eigenvalue weighted by molar-refractivity contribution is 7.91. The molecule has 0 radical (unpaired) electrons. The van der Waals surface area contributed by atoms with Crippen molar-refractivity contribution in [2.24, 2.45) is 5.92 Å². The number of halogens is 3. The second-order valence-corrected chi connectivity index (χ2v) is 7.43. The Morgan fingerprint density at radius 1 is 1.30 bits per heavy atom. The van der Waals surface area contributed by atoms with Gasteiger partial charge in [0.1, 0.15) is 0 Å². The maximum atomic E-state index is 13.1. The van der Waals surface area contributed by atoms with Crippen LogP contribution in [-0.2, 0) is 9.84 Å². The average Bonchev–Trinajstić information content (AvgIpc) is 2.72. The number of rotatable bonds is 4. The first-order chi connectivity index (χ1) is 9.28. The Labute approximate surface area is 116 Å². The second-order valence-electron chi connectivity index (χ2n) is 5.20. The third-order valence-corrected chi connectivity index (χ3v) is 5.38. The summed E-state index contributed by atoms with van der Waals surface area (Å²) in [5.74, 6) is -3.60. The minimum Gasteiger partial charge on any atom is -0.310 e. The van der Waals surface area contributed by atoms with Gasteiger partial charge in [0.05, 0.1) is 11.5 Å². The molecule has 7 heteroatoms. The molecule has 1 heterocycles. The molecule has 1 aromatic rings. The highest BCUT2D eigenvalue weighted by Gasteiger charge is 2.28. The molecule has 0 saturated carbocycles. The van der Waals surface area contributed by atoms with Crippen molar-refractivity contribution in [1.29, 1.82) is 0 Å². The van der Waals surface area contributed by atoms with Gasteiger partial charge in [0.2, 0.25) is 0 Å². The second kappa shape index (κ2) is 5.73. The Morgan fingerprint density at radius 3 is 2.40 bits per heavy atom. The fraction of sp³-hybridized carbons (Fsp3) is 0.538. The molecule has 2 rings (SSSR count). The molecule has 1 aromatic carbocycles. The minimum absolute atomic E-state index is 0.0117. The number of nitrogens with one attached hydrogen (secondary N) is 1. The van der Waals surface area contributed by atoms with Crippen LogP contribution in [-0.4, -0.2) is 26.5 Å². The lowest BCUT2D eigenvalue weighted by atomic mass is 10.1. The van der Waals surface area contributed by atoms with Gasteiger partial charge in [-0.2, -0.15) is 0 Å². The Bertz CT molecular complexity index is 581. The van der Waals surface area contributed by atoms with Crippen molar-refractivity contribution in [3.63, 3.8) is 0 Å². The number of hydrogen-bond donors (Lipinski definition) is 1. The predicted molar refractivity (Wildman–Crippen MR) is 69.5 cm³/mol. The standard InChI is InChI=1S/C13H16F3NO2S/c1-8(10-4-11(14)13(16)12(15)5-10)17-6-9-2-3-20(18,19)7-9/h4-5,8-9,17H,2-3,6-7H2,1H3. The third kappa shape index (κ3) is 3.52. The first-order valence-electron chi connectivity index (χ1n) is 6.37. The summed E-state index contributed by atoms with van der Waals surface area (Å²) in [7, 11) is -2.94. The topological polar surface area (TPSA) is 46.2 Å². The van der Waals surface area contributed by atoms with Crippen molar-refractivity contribution in [2.75, 3.05) is 18.1 Å². The summed E-state index contributed by atoms with van der Waals surface area (Å²) in [6.45, 7) is 2.14. The van der Waals surface area contributed by atoms with E-state index in [2.05, 4.69) is 5.32 Å². The van der Waals surface area contributed by atoms with Gasteiger partial charge in [-0.15, -0.1) is 0 Å². The van der Waals surface area contributed by atoms with Crippen LogP contribution in [0.2, 0.25) is 0 Å². The van der Waals surface area contributed by atoms with E-state index in [0.717, 1.165) is 12.1 Å². The van der Waals surface area contributed by atoms with Gasteiger partial charge >= 0.3 is 0 Å². The zero-order valence-electron chi connectivity index (χ0n) is 11.0. The molecule has 1 N–H and O–H groups in total.